The van der Waals surface area contributed by atoms with Gasteiger partial charge in [0.25, 0.3) is 0 Å². The molecule has 0 bridgehead atoms. The highest BCUT2D eigenvalue weighted by atomic mass is 32.1. The summed E-state index contributed by atoms with van der Waals surface area (Å²) in [4.78, 5) is 0.978. The SMILES string of the molecule is CNCCc1cc2c(C(F)(F)F)cccc2s1. The average molecular weight is 259 g/mol. The second-order valence-electron chi connectivity index (χ2n) is 3.78. The van der Waals surface area contributed by atoms with Gasteiger partial charge in [0.15, 0.2) is 0 Å². The van der Waals surface area contributed by atoms with E-state index in [0.717, 1.165) is 23.9 Å². The van der Waals surface area contributed by atoms with Gasteiger partial charge in [-0.25, -0.2) is 0 Å². The van der Waals surface area contributed by atoms with Gasteiger partial charge >= 0.3 is 6.18 Å². The Morgan fingerprint density at radius 3 is 2.71 bits per heavy atom. The lowest BCUT2D eigenvalue weighted by molar-refractivity contribution is -0.136. The average Bonchev–Trinajstić information content (AvgIpc) is 2.66. The minimum Gasteiger partial charge on any atom is -0.319 e. The van der Waals surface area contributed by atoms with Crippen LogP contribution in [-0.4, -0.2) is 13.6 Å². The third-order valence-electron chi connectivity index (χ3n) is 2.54. The van der Waals surface area contributed by atoms with Crippen LogP contribution in [0.5, 0.6) is 0 Å². The summed E-state index contributed by atoms with van der Waals surface area (Å²) in [7, 11) is 1.83. The number of thiophene rings is 1. The third-order valence-corrected chi connectivity index (χ3v) is 3.70. The number of rotatable bonds is 3. The second-order valence-corrected chi connectivity index (χ2v) is 4.95. The van der Waals surface area contributed by atoms with Crippen LogP contribution in [0.1, 0.15) is 10.4 Å². The molecule has 1 aromatic heterocycles. The number of likely N-dealkylation sites (N-methyl/N-ethyl adjacent to an activating group) is 1. The van der Waals surface area contributed by atoms with Crippen molar-refractivity contribution < 1.29 is 13.2 Å². The molecule has 0 aliphatic heterocycles. The first-order valence-electron chi connectivity index (χ1n) is 5.25. The molecule has 0 saturated heterocycles. The lowest BCUT2D eigenvalue weighted by Crippen LogP contribution is -2.09. The van der Waals surface area contributed by atoms with Crippen molar-refractivity contribution in [2.75, 3.05) is 13.6 Å². The van der Waals surface area contributed by atoms with Crippen LogP contribution in [0.4, 0.5) is 13.2 Å². The highest BCUT2D eigenvalue weighted by molar-refractivity contribution is 7.19. The van der Waals surface area contributed by atoms with Crippen LogP contribution < -0.4 is 5.32 Å². The van der Waals surface area contributed by atoms with Crippen molar-refractivity contribution in [1.82, 2.24) is 5.32 Å². The normalized spacial score (nSPS) is 12.2. The molecule has 1 N–H and O–H groups in total. The van der Waals surface area contributed by atoms with E-state index in [1.807, 2.05) is 7.05 Å². The number of hydrogen-bond donors (Lipinski definition) is 1. The maximum Gasteiger partial charge on any atom is 0.417 e. The summed E-state index contributed by atoms with van der Waals surface area (Å²) in [5, 5.41) is 3.31. The molecule has 17 heavy (non-hydrogen) atoms. The number of nitrogens with one attached hydrogen (secondary N) is 1. The minimum absolute atomic E-state index is 0.316. The van der Waals surface area contributed by atoms with Gasteiger partial charge in [-0.1, -0.05) is 6.07 Å². The van der Waals surface area contributed by atoms with Crippen LogP contribution >= 0.6 is 11.3 Å². The summed E-state index contributed by atoms with van der Waals surface area (Å²) in [6, 6.07) is 5.98. The fourth-order valence-corrected chi connectivity index (χ4v) is 2.82. The summed E-state index contributed by atoms with van der Waals surface area (Å²) in [6.45, 7) is 0.772. The molecule has 5 heteroatoms. The van der Waals surface area contributed by atoms with Gasteiger partial charge in [-0.15, -0.1) is 11.3 Å². The Balaban J connectivity index is 2.46. The first kappa shape index (κ1) is 12.4. The lowest BCUT2D eigenvalue weighted by Gasteiger charge is -2.06. The van der Waals surface area contributed by atoms with Crippen LogP contribution in [0, 0.1) is 0 Å². The highest BCUT2D eigenvalue weighted by Gasteiger charge is 2.32. The van der Waals surface area contributed by atoms with E-state index in [-0.39, 0.29) is 0 Å². The largest absolute Gasteiger partial charge is 0.417 e. The van der Waals surface area contributed by atoms with Crippen LogP contribution in [-0.2, 0) is 12.6 Å². The standard InChI is InChI=1S/C12H12F3NS/c1-16-6-5-8-7-9-10(12(13,14)15)3-2-4-11(9)17-8/h2-4,7,16H,5-6H2,1H3. The Hall–Kier alpha value is -1.07. The second kappa shape index (κ2) is 4.66. The van der Waals surface area contributed by atoms with Crippen LogP contribution in [0.3, 0.4) is 0 Å². The fraction of sp³-hybridized carbons (Fsp3) is 0.333. The molecule has 2 aromatic rings. The van der Waals surface area contributed by atoms with E-state index in [9.17, 15) is 13.2 Å². The number of benzene rings is 1. The predicted molar refractivity (Wildman–Crippen MR) is 64.5 cm³/mol. The van der Waals surface area contributed by atoms with E-state index < -0.39 is 11.7 Å². The van der Waals surface area contributed by atoms with Crippen molar-refractivity contribution in [1.29, 1.82) is 0 Å². The van der Waals surface area contributed by atoms with Gasteiger partial charge in [0.2, 0.25) is 0 Å². The molecule has 1 aromatic carbocycles. The van der Waals surface area contributed by atoms with Crippen LogP contribution in [0.2, 0.25) is 0 Å². The molecule has 2 rings (SSSR count). The van der Waals surface area contributed by atoms with Gasteiger partial charge in [-0.3, -0.25) is 0 Å². The van der Waals surface area contributed by atoms with Crippen molar-refractivity contribution in [2.24, 2.45) is 0 Å². The van der Waals surface area contributed by atoms with Crippen molar-refractivity contribution >= 4 is 21.4 Å². The van der Waals surface area contributed by atoms with E-state index in [2.05, 4.69) is 5.32 Å². The van der Waals surface area contributed by atoms with Gasteiger partial charge in [0, 0.05) is 15.0 Å². The number of hydrogen-bond acceptors (Lipinski definition) is 2. The summed E-state index contributed by atoms with van der Waals surface area (Å²) >= 11 is 1.43. The Bertz CT molecular complexity index is 516. The fourth-order valence-electron chi connectivity index (χ4n) is 1.73. The number of alkyl halides is 3. The molecule has 0 radical (unpaired) electrons. The van der Waals surface area contributed by atoms with E-state index in [0.29, 0.717) is 10.1 Å². The zero-order valence-corrected chi connectivity index (χ0v) is 10.1. The Labute approximate surface area is 101 Å². The summed E-state index contributed by atoms with van der Waals surface area (Å²) in [5.74, 6) is 0. The molecule has 0 aliphatic carbocycles. The first-order valence-corrected chi connectivity index (χ1v) is 6.07. The summed E-state index contributed by atoms with van der Waals surface area (Å²) < 4.78 is 39.0. The molecule has 0 unspecified atom stereocenters. The van der Waals surface area contributed by atoms with E-state index in [1.165, 1.54) is 17.4 Å². The molecule has 1 nitrogen and oxygen atoms in total. The molecular formula is C12H12F3NS. The first-order chi connectivity index (χ1) is 8.02. The minimum atomic E-state index is -4.28. The smallest absolute Gasteiger partial charge is 0.319 e. The van der Waals surface area contributed by atoms with Crippen molar-refractivity contribution in [2.45, 2.75) is 12.6 Å². The molecule has 0 aliphatic rings. The van der Waals surface area contributed by atoms with Gasteiger partial charge in [-0.2, -0.15) is 13.2 Å². The van der Waals surface area contributed by atoms with Crippen molar-refractivity contribution in [3.63, 3.8) is 0 Å². The Kier molecular flexibility index (Phi) is 3.40. The maximum absolute atomic E-state index is 12.8. The summed E-state index contributed by atoms with van der Waals surface area (Å²) in [6.07, 6.45) is -3.52. The molecular weight excluding hydrogens is 247 g/mol. The van der Waals surface area contributed by atoms with E-state index >= 15 is 0 Å². The quantitative estimate of drug-likeness (QED) is 0.886. The zero-order chi connectivity index (χ0) is 12.5. The van der Waals surface area contributed by atoms with Gasteiger partial charge in [0.05, 0.1) is 5.56 Å². The predicted octanol–water partition coefficient (Wildman–Crippen LogP) is 3.68. The maximum atomic E-state index is 12.8. The summed E-state index contributed by atoms with van der Waals surface area (Å²) in [5.41, 5.74) is -0.540. The Morgan fingerprint density at radius 2 is 2.06 bits per heavy atom. The molecule has 0 spiro atoms. The molecule has 1 heterocycles. The van der Waals surface area contributed by atoms with Gasteiger partial charge in [0.1, 0.15) is 0 Å². The molecule has 0 fully saturated rings. The van der Waals surface area contributed by atoms with Crippen LogP contribution in [0.25, 0.3) is 10.1 Å². The molecule has 92 valence electrons. The zero-order valence-electron chi connectivity index (χ0n) is 9.27. The van der Waals surface area contributed by atoms with E-state index in [4.69, 9.17) is 0 Å². The lowest BCUT2D eigenvalue weighted by atomic mass is 10.1. The van der Waals surface area contributed by atoms with E-state index in [1.54, 1.807) is 12.1 Å². The molecule has 0 amide bonds. The van der Waals surface area contributed by atoms with Crippen molar-refractivity contribution in [3.05, 3.63) is 34.7 Å². The highest BCUT2D eigenvalue weighted by Crippen LogP contribution is 2.37. The van der Waals surface area contributed by atoms with Crippen LogP contribution in [0.15, 0.2) is 24.3 Å². The molecule has 0 atom stereocenters. The third kappa shape index (κ3) is 2.61. The van der Waals surface area contributed by atoms with Gasteiger partial charge < -0.3 is 5.32 Å². The number of fused-ring (bicyclic) bond motifs is 1. The molecule has 0 saturated carbocycles. The van der Waals surface area contributed by atoms with Gasteiger partial charge in [-0.05, 0) is 38.2 Å². The van der Waals surface area contributed by atoms with Crippen molar-refractivity contribution in [3.8, 4) is 0 Å². The monoisotopic (exact) mass is 259 g/mol. The Morgan fingerprint density at radius 1 is 1.29 bits per heavy atom. The number of halogens is 3. The topological polar surface area (TPSA) is 12.0 Å².